The first-order valence-electron chi connectivity index (χ1n) is 5.72. The molecular weight excluding hydrogens is 276 g/mol. The van der Waals surface area contributed by atoms with Gasteiger partial charge in [0.1, 0.15) is 10.7 Å². The third-order valence-electron chi connectivity index (χ3n) is 2.60. The SMILES string of the molecule is Cc1nnc(NC(=O)c2ccc(C(N)=S)cn2)nc1C. The van der Waals surface area contributed by atoms with Crippen molar-refractivity contribution >= 4 is 29.1 Å². The van der Waals surface area contributed by atoms with E-state index in [-0.39, 0.29) is 16.6 Å². The minimum atomic E-state index is -0.426. The summed E-state index contributed by atoms with van der Waals surface area (Å²) < 4.78 is 0. The molecule has 0 aromatic carbocycles. The maximum Gasteiger partial charge on any atom is 0.276 e. The zero-order valence-electron chi connectivity index (χ0n) is 10.9. The Balaban J connectivity index is 2.15. The van der Waals surface area contributed by atoms with Crippen LogP contribution in [0.2, 0.25) is 0 Å². The van der Waals surface area contributed by atoms with Crippen molar-refractivity contribution in [3.8, 4) is 0 Å². The second-order valence-corrected chi connectivity index (χ2v) is 4.50. The zero-order valence-corrected chi connectivity index (χ0v) is 11.7. The number of hydrogen-bond acceptors (Lipinski definition) is 6. The Bertz CT molecular complexity index is 670. The molecule has 0 aliphatic heterocycles. The summed E-state index contributed by atoms with van der Waals surface area (Å²) in [6.07, 6.45) is 1.44. The van der Waals surface area contributed by atoms with Crippen LogP contribution in [0, 0.1) is 13.8 Å². The predicted molar refractivity (Wildman–Crippen MR) is 77.4 cm³/mol. The quantitative estimate of drug-likeness (QED) is 0.803. The minimum absolute atomic E-state index is 0.137. The van der Waals surface area contributed by atoms with Crippen LogP contribution in [-0.2, 0) is 0 Å². The zero-order chi connectivity index (χ0) is 14.7. The molecule has 0 aliphatic rings. The van der Waals surface area contributed by atoms with Crippen LogP contribution in [0.3, 0.4) is 0 Å². The van der Waals surface area contributed by atoms with Gasteiger partial charge in [-0.3, -0.25) is 15.1 Å². The lowest BCUT2D eigenvalue weighted by Crippen LogP contribution is -2.17. The number of aryl methyl sites for hydroxylation is 2. The topological polar surface area (TPSA) is 107 Å². The number of thiocarbonyl (C=S) groups is 1. The summed E-state index contributed by atoms with van der Waals surface area (Å²) in [6, 6.07) is 3.15. The molecule has 3 N–H and O–H groups in total. The highest BCUT2D eigenvalue weighted by Gasteiger charge is 2.10. The highest BCUT2D eigenvalue weighted by atomic mass is 32.1. The Labute approximate surface area is 120 Å². The van der Waals surface area contributed by atoms with Gasteiger partial charge in [-0.25, -0.2) is 4.98 Å². The summed E-state index contributed by atoms with van der Waals surface area (Å²) in [4.78, 5) is 20.3. The van der Waals surface area contributed by atoms with Gasteiger partial charge in [0.2, 0.25) is 5.95 Å². The molecule has 0 fully saturated rings. The molecule has 0 atom stereocenters. The fourth-order valence-electron chi connectivity index (χ4n) is 1.35. The van der Waals surface area contributed by atoms with Crippen molar-refractivity contribution in [1.82, 2.24) is 20.2 Å². The Morgan fingerprint density at radius 1 is 1.25 bits per heavy atom. The number of aromatic nitrogens is 4. The van der Waals surface area contributed by atoms with E-state index in [0.29, 0.717) is 17.0 Å². The number of pyridine rings is 1. The summed E-state index contributed by atoms with van der Waals surface area (Å²) in [5.41, 5.74) is 7.68. The van der Waals surface area contributed by atoms with Crippen LogP contribution in [0.1, 0.15) is 27.4 Å². The highest BCUT2D eigenvalue weighted by molar-refractivity contribution is 7.80. The van der Waals surface area contributed by atoms with Crippen LogP contribution in [0.4, 0.5) is 5.95 Å². The van der Waals surface area contributed by atoms with Gasteiger partial charge in [-0.05, 0) is 26.0 Å². The molecule has 8 heteroatoms. The first-order valence-corrected chi connectivity index (χ1v) is 6.13. The summed E-state index contributed by atoms with van der Waals surface area (Å²) in [5, 5.41) is 10.2. The van der Waals surface area contributed by atoms with Crippen molar-refractivity contribution in [2.45, 2.75) is 13.8 Å². The van der Waals surface area contributed by atoms with Crippen molar-refractivity contribution < 1.29 is 4.79 Å². The maximum atomic E-state index is 11.9. The lowest BCUT2D eigenvalue weighted by atomic mass is 10.2. The standard InChI is InChI=1S/C12H12N6OS/c1-6-7(2)17-18-12(15-6)16-11(19)9-4-3-8(5-14-9)10(13)20/h3-5H,1-2H3,(H2,13,20)(H,15,16,18,19). The fourth-order valence-corrected chi connectivity index (χ4v) is 1.47. The van der Waals surface area contributed by atoms with Gasteiger partial charge in [0.25, 0.3) is 5.91 Å². The first kappa shape index (κ1) is 13.9. The average molecular weight is 288 g/mol. The highest BCUT2D eigenvalue weighted by Crippen LogP contribution is 2.05. The molecule has 2 heterocycles. The lowest BCUT2D eigenvalue weighted by molar-refractivity contribution is 0.102. The van der Waals surface area contributed by atoms with Crippen molar-refractivity contribution in [3.05, 3.63) is 41.0 Å². The normalized spacial score (nSPS) is 10.1. The van der Waals surface area contributed by atoms with Gasteiger partial charge in [0.05, 0.1) is 11.4 Å². The Morgan fingerprint density at radius 2 is 2.00 bits per heavy atom. The van der Waals surface area contributed by atoms with Crippen LogP contribution in [0.15, 0.2) is 18.3 Å². The summed E-state index contributed by atoms with van der Waals surface area (Å²) >= 11 is 4.81. The molecule has 0 aliphatic carbocycles. The number of carbonyl (C=O) groups excluding carboxylic acids is 1. The van der Waals surface area contributed by atoms with Gasteiger partial charge in [-0.15, -0.1) is 5.10 Å². The van der Waals surface area contributed by atoms with Gasteiger partial charge >= 0.3 is 0 Å². The van der Waals surface area contributed by atoms with E-state index in [1.54, 1.807) is 19.9 Å². The molecule has 0 spiro atoms. The summed E-state index contributed by atoms with van der Waals surface area (Å²) in [5.74, 6) is -0.289. The Morgan fingerprint density at radius 3 is 2.55 bits per heavy atom. The first-order chi connectivity index (χ1) is 9.47. The van der Waals surface area contributed by atoms with E-state index in [9.17, 15) is 4.79 Å². The van der Waals surface area contributed by atoms with Gasteiger partial charge in [-0.1, -0.05) is 12.2 Å². The molecule has 1 amide bonds. The number of nitrogens with two attached hydrogens (primary N) is 1. The molecule has 20 heavy (non-hydrogen) atoms. The number of anilines is 1. The van der Waals surface area contributed by atoms with Crippen LogP contribution in [-0.4, -0.2) is 31.1 Å². The Hall–Kier alpha value is -2.48. The second kappa shape index (κ2) is 5.66. The number of amides is 1. The van der Waals surface area contributed by atoms with E-state index in [1.807, 2.05) is 0 Å². The van der Waals surface area contributed by atoms with Gasteiger partial charge in [0.15, 0.2) is 0 Å². The molecule has 2 aromatic heterocycles. The lowest BCUT2D eigenvalue weighted by Gasteiger charge is -2.04. The monoisotopic (exact) mass is 288 g/mol. The fraction of sp³-hybridized carbons (Fsp3) is 0.167. The number of hydrogen-bond donors (Lipinski definition) is 2. The van der Waals surface area contributed by atoms with Crippen molar-refractivity contribution in [1.29, 1.82) is 0 Å². The largest absolute Gasteiger partial charge is 0.389 e. The molecule has 102 valence electrons. The Kier molecular flexibility index (Phi) is 3.94. The van der Waals surface area contributed by atoms with E-state index in [4.69, 9.17) is 18.0 Å². The molecule has 2 aromatic rings. The van der Waals surface area contributed by atoms with Crippen LogP contribution < -0.4 is 11.1 Å². The van der Waals surface area contributed by atoms with Crippen LogP contribution in [0.5, 0.6) is 0 Å². The van der Waals surface area contributed by atoms with Crippen molar-refractivity contribution in [3.63, 3.8) is 0 Å². The molecule has 0 unspecified atom stereocenters. The molecule has 0 radical (unpaired) electrons. The average Bonchev–Trinajstić information content (AvgIpc) is 2.43. The van der Waals surface area contributed by atoms with Crippen molar-refractivity contribution in [2.24, 2.45) is 5.73 Å². The van der Waals surface area contributed by atoms with Crippen molar-refractivity contribution in [2.75, 3.05) is 5.32 Å². The van der Waals surface area contributed by atoms with E-state index in [2.05, 4.69) is 25.5 Å². The predicted octanol–water partition coefficient (Wildman–Crippen LogP) is 0.770. The van der Waals surface area contributed by atoms with Crippen LogP contribution >= 0.6 is 12.2 Å². The molecule has 2 rings (SSSR count). The number of carbonyl (C=O) groups is 1. The molecule has 7 nitrogen and oxygen atoms in total. The molecule has 0 bridgehead atoms. The van der Waals surface area contributed by atoms with E-state index >= 15 is 0 Å². The van der Waals surface area contributed by atoms with Gasteiger partial charge < -0.3 is 5.73 Å². The minimum Gasteiger partial charge on any atom is -0.389 e. The smallest absolute Gasteiger partial charge is 0.276 e. The molecular formula is C12H12N6OS. The van der Waals surface area contributed by atoms with Gasteiger partial charge in [0, 0.05) is 11.8 Å². The summed E-state index contributed by atoms with van der Waals surface area (Å²) in [6.45, 7) is 3.58. The second-order valence-electron chi connectivity index (χ2n) is 4.06. The number of nitrogens with one attached hydrogen (secondary N) is 1. The number of rotatable bonds is 3. The van der Waals surface area contributed by atoms with Crippen LogP contribution in [0.25, 0.3) is 0 Å². The van der Waals surface area contributed by atoms with E-state index in [0.717, 1.165) is 0 Å². The van der Waals surface area contributed by atoms with Gasteiger partial charge in [-0.2, -0.15) is 5.10 Å². The van der Waals surface area contributed by atoms with E-state index in [1.165, 1.54) is 12.3 Å². The number of nitrogens with zero attached hydrogens (tertiary/aromatic N) is 4. The third kappa shape index (κ3) is 3.09. The summed E-state index contributed by atoms with van der Waals surface area (Å²) in [7, 11) is 0. The molecule has 0 saturated carbocycles. The maximum absolute atomic E-state index is 11.9. The molecule has 0 saturated heterocycles. The third-order valence-corrected chi connectivity index (χ3v) is 2.83. The van der Waals surface area contributed by atoms with E-state index < -0.39 is 5.91 Å².